The topological polar surface area (TPSA) is 79.0 Å². The van der Waals surface area contributed by atoms with Crippen LogP contribution in [0.2, 0.25) is 0 Å². The van der Waals surface area contributed by atoms with Crippen LogP contribution in [0.4, 0.5) is 5.69 Å². The van der Waals surface area contributed by atoms with Crippen molar-refractivity contribution in [1.82, 2.24) is 9.62 Å². The van der Waals surface area contributed by atoms with Gasteiger partial charge in [-0.1, -0.05) is 0 Å². The fraction of sp³-hybridized carbons (Fsp3) is 0.409. The standard InChI is InChI=1S/C22H29N3O4S/c1-24(2)30(27,28)21-12-10-20(11-13-21)29-17-14-23-22(26)18-6-8-19(9-7-18)25-15-4-3-5-16-25/h6-13H,3-5,14-17H2,1-2H3,(H,23,26). The smallest absolute Gasteiger partial charge is 0.251 e. The van der Waals surface area contributed by atoms with Crippen LogP contribution in [-0.2, 0) is 10.0 Å². The first-order chi connectivity index (χ1) is 14.4. The number of carbonyl (C=O) groups excluding carboxylic acids is 1. The average Bonchev–Trinajstić information content (AvgIpc) is 2.77. The van der Waals surface area contributed by atoms with Crippen molar-refractivity contribution >= 4 is 21.6 Å². The molecule has 1 amide bonds. The lowest BCUT2D eigenvalue weighted by Gasteiger charge is -2.28. The molecular weight excluding hydrogens is 402 g/mol. The molecule has 0 aliphatic carbocycles. The van der Waals surface area contributed by atoms with E-state index < -0.39 is 10.0 Å². The molecule has 2 aromatic rings. The molecule has 1 saturated heterocycles. The van der Waals surface area contributed by atoms with E-state index in [0.29, 0.717) is 17.9 Å². The molecule has 0 bridgehead atoms. The van der Waals surface area contributed by atoms with Crippen molar-refractivity contribution in [1.29, 1.82) is 0 Å². The Morgan fingerprint density at radius 3 is 2.23 bits per heavy atom. The number of hydrogen-bond acceptors (Lipinski definition) is 5. The summed E-state index contributed by atoms with van der Waals surface area (Å²) < 4.78 is 30.9. The van der Waals surface area contributed by atoms with Crippen LogP contribution in [0.25, 0.3) is 0 Å². The van der Waals surface area contributed by atoms with Crippen LogP contribution in [0.1, 0.15) is 29.6 Å². The van der Waals surface area contributed by atoms with Crippen LogP contribution in [0.3, 0.4) is 0 Å². The minimum atomic E-state index is -3.45. The summed E-state index contributed by atoms with van der Waals surface area (Å²) in [5.41, 5.74) is 1.78. The quantitative estimate of drug-likeness (QED) is 0.650. The fourth-order valence-electron chi connectivity index (χ4n) is 3.33. The molecule has 2 aromatic carbocycles. The number of amides is 1. The van der Waals surface area contributed by atoms with Gasteiger partial charge in [-0.3, -0.25) is 4.79 Å². The van der Waals surface area contributed by atoms with E-state index in [4.69, 9.17) is 4.74 Å². The molecule has 30 heavy (non-hydrogen) atoms. The molecule has 1 aliphatic heterocycles. The zero-order valence-electron chi connectivity index (χ0n) is 17.5. The second-order valence-corrected chi connectivity index (χ2v) is 9.61. The predicted octanol–water partition coefficient (Wildman–Crippen LogP) is 2.74. The van der Waals surface area contributed by atoms with Gasteiger partial charge in [0, 0.05) is 38.4 Å². The highest BCUT2D eigenvalue weighted by molar-refractivity contribution is 7.89. The lowest BCUT2D eigenvalue weighted by Crippen LogP contribution is -2.30. The van der Waals surface area contributed by atoms with Gasteiger partial charge in [0.1, 0.15) is 12.4 Å². The monoisotopic (exact) mass is 431 g/mol. The van der Waals surface area contributed by atoms with Crippen molar-refractivity contribution in [3.05, 3.63) is 54.1 Å². The summed E-state index contributed by atoms with van der Waals surface area (Å²) in [7, 11) is -0.474. The van der Waals surface area contributed by atoms with Gasteiger partial charge in [-0.05, 0) is 67.8 Å². The molecule has 0 radical (unpaired) electrons. The van der Waals surface area contributed by atoms with Crippen LogP contribution >= 0.6 is 0 Å². The van der Waals surface area contributed by atoms with Crippen molar-refractivity contribution in [2.75, 3.05) is 45.2 Å². The molecule has 0 saturated carbocycles. The molecule has 0 atom stereocenters. The van der Waals surface area contributed by atoms with E-state index in [1.54, 1.807) is 12.1 Å². The van der Waals surface area contributed by atoms with E-state index in [9.17, 15) is 13.2 Å². The van der Waals surface area contributed by atoms with Gasteiger partial charge in [-0.25, -0.2) is 12.7 Å². The maximum Gasteiger partial charge on any atom is 0.251 e. The highest BCUT2D eigenvalue weighted by atomic mass is 32.2. The molecule has 1 N–H and O–H groups in total. The molecule has 1 aliphatic rings. The van der Waals surface area contributed by atoms with Gasteiger partial charge in [0.25, 0.3) is 5.91 Å². The molecule has 0 aromatic heterocycles. The number of ether oxygens (including phenoxy) is 1. The third-order valence-corrected chi connectivity index (χ3v) is 6.94. The minimum absolute atomic E-state index is 0.142. The Morgan fingerprint density at radius 1 is 1.00 bits per heavy atom. The van der Waals surface area contributed by atoms with Crippen molar-refractivity contribution < 1.29 is 17.9 Å². The maximum atomic E-state index is 12.3. The number of rotatable bonds is 8. The second kappa shape index (κ2) is 9.95. The van der Waals surface area contributed by atoms with Gasteiger partial charge in [0.2, 0.25) is 10.0 Å². The predicted molar refractivity (Wildman–Crippen MR) is 118 cm³/mol. The van der Waals surface area contributed by atoms with Crippen molar-refractivity contribution in [2.24, 2.45) is 0 Å². The molecule has 162 valence electrons. The lowest BCUT2D eigenvalue weighted by atomic mass is 10.1. The zero-order chi connectivity index (χ0) is 21.6. The minimum Gasteiger partial charge on any atom is -0.492 e. The Hall–Kier alpha value is -2.58. The average molecular weight is 432 g/mol. The van der Waals surface area contributed by atoms with Crippen molar-refractivity contribution in [3.8, 4) is 5.75 Å². The summed E-state index contributed by atoms with van der Waals surface area (Å²) in [4.78, 5) is 14.9. The van der Waals surface area contributed by atoms with Crippen LogP contribution < -0.4 is 15.0 Å². The number of anilines is 1. The highest BCUT2D eigenvalue weighted by Crippen LogP contribution is 2.20. The summed E-state index contributed by atoms with van der Waals surface area (Å²) >= 11 is 0. The SMILES string of the molecule is CN(C)S(=O)(=O)c1ccc(OCCNC(=O)c2ccc(N3CCCCC3)cc2)cc1. The Morgan fingerprint density at radius 2 is 1.63 bits per heavy atom. The summed E-state index contributed by atoms with van der Waals surface area (Å²) in [6.45, 7) is 2.79. The molecule has 0 spiro atoms. The van der Waals surface area contributed by atoms with E-state index in [-0.39, 0.29) is 17.4 Å². The van der Waals surface area contributed by atoms with Gasteiger partial charge in [0.15, 0.2) is 0 Å². The number of sulfonamides is 1. The lowest BCUT2D eigenvalue weighted by molar-refractivity contribution is 0.0947. The Bertz CT molecular complexity index is 935. The van der Waals surface area contributed by atoms with E-state index in [2.05, 4.69) is 10.2 Å². The Labute approximate surface area is 178 Å². The number of nitrogens with one attached hydrogen (secondary N) is 1. The highest BCUT2D eigenvalue weighted by Gasteiger charge is 2.16. The van der Waals surface area contributed by atoms with E-state index in [1.807, 2.05) is 24.3 Å². The van der Waals surface area contributed by atoms with Crippen molar-refractivity contribution in [3.63, 3.8) is 0 Å². The van der Waals surface area contributed by atoms with Crippen LogP contribution in [0, 0.1) is 0 Å². The van der Waals surface area contributed by atoms with Crippen LogP contribution in [0.15, 0.2) is 53.4 Å². The number of nitrogens with zero attached hydrogens (tertiary/aromatic N) is 2. The second-order valence-electron chi connectivity index (χ2n) is 7.46. The molecule has 8 heteroatoms. The fourth-order valence-corrected chi connectivity index (χ4v) is 4.23. The third kappa shape index (κ3) is 5.52. The first kappa shape index (κ1) is 22.1. The van der Waals surface area contributed by atoms with Gasteiger partial charge >= 0.3 is 0 Å². The van der Waals surface area contributed by atoms with Gasteiger partial charge in [-0.2, -0.15) is 0 Å². The third-order valence-electron chi connectivity index (χ3n) is 5.11. The zero-order valence-corrected chi connectivity index (χ0v) is 18.3. The number of piperidine rings is 1. The molecule has 7 nitrogen and oxygen atoms in total. The van der Waals surface area contributed by atoms with E-state index in [1.165, 1.54) is 45.5 Å². The van der Waals surface area contributed by atoms with Gasteiger partial charge in [-0.15, -0.1) is 0 Å². The van der Waals surface area contributed by atoms with E-state index in [0.717, 1.165) is 23.1 Å². The first-order valence-electron chi connectivity index (χ1n) is 10.2. The normalized spacial score (nSPS) is 14.6. The number of carbonyl (C=O) groups is 1. The number of hydrogen-bond donors (Lipinski definition) is 1. The molecule has 1 heterocycles. The van der Waals surface area contributed by atoms with Gasteiger partial charge < -0.3 is 15.0 Å². The first-order valence-corrected chi connectivity index (χ1v) is 11.6. The summed E-state index contributed by atoms with van der Waals surface area (Å²) in [6, 6.07) is 13.9. The summed E-state index contributed by atoms with van der Waals surface area (Å²) in [5, 5.41) is 2.84. The summed E-state index contributed by atoms with van der Waals surface area (Å²) in [6.07, 6.45) is 3.73. The maximum absolute atomic E-state index is 12.3. The van der Waals surface area contributed by atoms with Crippen LogP contribution in [-0.4, -0.2) is 59.0 Å². The molecule has 3 rings (SSSR count). The summed E-state index contributed by atoms with van der Waals surface area (Å²) in [5.74, 6) is 0.407. The molecule has 0 unspecified atom stereocenters. The van der Waals surface area contributed by atoms with Crippen LogP contribution in [0.5, 0.6) is 5.75 Å². The largest absolute Gasteiger partial charge is 0.492 e. The number of benzene rings is 2. The van der Waals surface area contributed by atoms with Crippen molar-refractivity contribution in [2.45, 2.75) is 24.2 Å². The Balaban J connectivity index is 1.44. The molecule has 1 fully saturated rings. The van der Waals surface area contributed by atoms with Gasteiger partial charge in [0.05, 0.1) is 11.4 Å². The molecular formula is C22H29N3O4S. The van der Waals surface area contributed by atoms with E-state index >= 15 is 0 Å². The Kier molecular flexibility index (Phi) is 7.33.